The molecule has 0 radical (unpaired) electrons. The first kappa shape index (κ1) is 59.1. The van der Waals surface area contributed by atoms with Gasteiger partial charge in [-0.2, -0.15) is 0 Å². The minimum atomic E-state index is -0.0995. The minimum absolute atomic E-state index is 0.0995. The van der Waals surface area contributed by atoms with Crippen LogP contribution >= 0.6 is 11.3 Å². The summed E-state index contributed by atoms with van der Waals surface area (Å²) < 4.78 is 23.7. The number of morpholine rings is 2. The van der Waals surface area contributed by atoms with E-state index in [2.05, 4.69) is 151 Å². The lowest BCUT2D eigenvalue weighted by molar-refractivity contribution is -0.0764. The molecule has 10 heteroatoms. The maximum atomic E-state index is 12.8. The number of hydrogen-bond acceptors (Lipinski definition) is 9. The topological polar surface area (TPSA) is 76.5 Å². The van der Waals surface area contributed by atoms with E-state index in [9.17, 15) is 4.39 Å². The van der Waals surface area contributed by atoms with Gasteiger partial charge in [0.05, 0.1) is 30.4 Å². The van der Waals surface area contributed by atoms with Crippen molar-refractivity contribution >= 4 is 11.3 Å². The number of rotatable bonds is 7. The Morgan fingerprint density at radius 3 is 1.42 bits per heavy atom. The van der Waals surface area contributed by atoms with Gasteiger partial charge in [0.25, 0.3) is 0 Å². The summed E-state index contributed by atoms with van der Waals surface area (Å²) >= 11 is 1.72. The molecule has 65 heavy (non-hydrogen) atoms. The Bertz CT molecular complexity index is 1710. The molecule has 0 amide bonds. The molecule has 2 aliphatic rings. The van der Waals surface area contributed by atoms with E-state index in [0.29, 0.717) is 48.0 Å². The molecule has 2 aromatic carbocycles. The van der Waals surface area contributed by atoms with Crippen molar-refractivity contribution in [2.75, 3.05) is 39.4 Å². The summed E-state index contributed by atoms with van der Waals surface area (Å²) in [5.74, 6) is 3.33. The fraction of sp³-hybridized carbons (Fsp3) is 0.564. The third-order valence-corrected chi connectivity index (χ3v) is 11.4. The van der Waals surface area contributed by atoms with Gasteiger partial charge in [-0.05, 0) is 94.7 Å². The Morgan fingerprint density at radius 2 is 1.08 bits per heavy atom. The van der Waals surface area contributed by atoms with E-state index in [1.165, 1.54) is 16.6 Å². The number of hydrogen-bond donors (Lipinski definition) is 0. The zero-order valence-electron chi connectivity index (χ0n) is 43.1. The maximum Gasteiger partial charge on any atom is 0.130 e. The first-order valence-corrected chi connectivity index (χ1v) is 24.8. The van der Waals surface area contributed by atoms with Gasteiger partial charge in [0.15, 0.2) is 0 Å². The van der Waals surface area contributed by atoms with Crippen molar-refractivity contribution in [3.05, 3.63) is 143 Å². The van der Waals surface area contributed by atoms with Gasteiger partial charge in [-0.25, -0.2) is 19.3 Å². The molecule has 3 aromatic heterocycles. The molecular weight excluding hydrogens is 828 g/mol. The number of benzene rings is 2. The fourth-order valence-corrected chi connectivity index (χ4v) is 7.02. The molecule has 2 saturated heterocycles. The van der Waals surface area contributed by atoms with Crippen molar-refractivity contribution in [1.29, 1.82) is 0 Å². The van der Waals surface area contributed by atoms with Crippen LogP contribution in [0.5, 0.6) is 0 Å². The molecule has 0 bridgehead atoms. The molecule has 8 nitrogen and oxygen atoms in total. The molecule has 0 saturated carbocycles. The van der Waals surface area contributed by atoms with Gasteiger partial charge in [0, 0.05) is 86.0 Å². The standard InChI is InChI=1S/C9H11F.C9H19NO.C9H12.C8H11N.C7H10N2.C7H15NO.C6H9NS/c1-7(2)8-5-3-4-6-9(8)10;1-7(2)10-5-8(3)11-9(4)6-10;1-8(2)9-6-4-3-5-7-9;1-7(2)8-5-3-4-6-9-8;1-6(2)7-8-4-3-5-9-7;1-7(2)8-3-5-9-6-4-8;1-5(2)6-7-3-4-8-6/h3-7H,1-2H3;7-9H,5-6H2,1-4H3;3-8H,1-2H3;3-7H,1-2H3;3-6H,1-2H3;7H,3-6H2,1-2H3;3-5H,1-2H3. The predicted molar refractivity (Wildman–Crippen MR) is 276 cm³/mol. The smallest absolute Gasteiger partial charge is 0.130 e. The second-order valence-electron chi connectivity index (χ2n) is 18.5. The third kappa shape index (κ3) is 27.3. The van der Waals surface area contributed by atoms with Crippen molar-refractivity contribution in [3.63, 3.8) is 0 Å². The summed E-state index contributed by atoms with van der Waals surface area (Å²) in [7, 11) is 0. The molecule has 5 aromatic rings. The molecule has 0 N–H and O–H groups in total. The molecule has 5 heterocycles. The van der Waals surface area contributed by atoms with Gasteiger partial charge in [-0.1, -0.05) is 124 Å². The normalized spacial score (nSPS) is 16.1. The molecule has 2 aliphatic heterocycles. The maximum absolute atomic E-state index is 12.8. The van der Waals surface area contributed by atoms with Crippen LogP contribution in [0.4, 0.5) is 4.39 Å². The number of ether oxygens (including phenoxy) is 2. The first-order chi connectivity index (χ1) is 30.8. The quantitative estimate of drug-likeness (QED) is 0.160. The largest absolute Gasteiger partial charge is 0.379 e. The van der Waals surface area contributed by atoms with Crippen molar-refractivity contribution in [3.8, 4) is 0 Å². The van der Waals surface area contributed by atoms with Crippen LogP contribution in [-0.2, 0) is 9.47 Å². The van der Waals surface area contributed by atoms with Crippen molar-refractivity contribution < 1.29 is 13.9 Å². The summed E-state index contributed by atoms with van der Waals surface area (Å²) in [5, 5.41) is 3.24. The number of nitrogens with zero attached hydrogens (tertiary/aromatic N) is 6. The number of pyridine rings is 1. The highest BCUT2D eigenvalue weighted by molar-refractivity contribution is 7.09. The summed E-state index contributed by atoms with van der Waals surface area (Å²) in [6, 6.07) is 26.6. The van der Waals surface area contributed by atoms with Crippen LogP contribution < -0.4 is 0 Å². The van der Waals surface area contributed by atoms with Gasteiger partial charge in [0.1, 0.15) is 11.6 Å². The predicted octanol–water partition coefficient (Wildman–Crippen LogP) is 14.1. The van der Waals surface area contributed by atoms with E-state index < -0.39 is 0 Å². The van der Waals surface area contributed by atoms with Gasteiger partial charge in [-0.3, -0.25) is 14.8 Å². The van der Waals surface area contributed by atoms with E-state index in [-0.39, 0.29) is 11.7 Å². The monoisotopic (exact) mass is 915 g/mol. The van der Waals surface area contributed by atoms with Crippen LogP contribution in [-0.4, -0.2) is 93.4 Å². The zero-order chi connectivity index (χ0) is 48.7. The van der Waals surface area contributed by atoms with E-state index in [0.717, 1.165) is 56.5 Å². The molecule has 2 unspecified atom stereocenters. The van der Waals surface area contributed by atoms with Crippen LogP contribution in [0.15, 0.2) is 109 Å². The number of thiazole rings is 1. The summed E-state index contributed by atoms with van der Waals surface area (Å²) in [4.78, 5) is 21.4. The van der Waals surface area contributed by atoms with Crippen molar-refractivity contribution in [1.82, 2.24) is 29.7 Å². The second-order valence-corrected chi connectivity index (χ2v) is 19.4. The lowest BCUT2D eigenvalue weighted by Gasteiger charge is -2.37. The molecule has 0 spiro atoms. The number of aromatic nitrogens is 4. The van der Waals surface area contributed by atoms with E-state index >= 15 is 0 Å². The first-order valence-electron chi connectivity index (χ1n) is 23.9. The summed E-state index contributed by atoms with van der Waals surface area (Å²) in [6.45, 7) is 40.6. The number of halogens is 1. The van der Waals surface area contributed by atoms with Gasteiger partial charge in [-0.15, -0.1) is 11.3 Å². The van der Waals surface area contributed by atoms with Crippen LogP contribution in [0, 0.1) is 5.82 Å². The van der Waals surface area contributed by atoms with Crippen LogP contribution in [0.25, 0.3) is 0 Å². The highest BCUT2D eigenvalue weighted by Gasteiger charge is 2.23. The summed E-state index contributed by atoms with van der Waals surface area (Å²) in [5.41, 5.74) is 3.37. The van der Waals surface area contributed by atoms with E-state index in [4.69, 9.17) is 9.47 Å². The zero-order valence-corrected chi connectivity index (χ0v) is 43.9. The SMILES string of the molecule is CC(C)N1CCOCC1.CC(C)c1ccccc1.CC(C)c1ccccc1F.CC(C)c1ccccn1.CC(C)c1ncccn1.CC(C)c1nccs1.CC1CN(C(C)C)CC(C)O1. The Kier molecular flexibility index (Phi) is 31.3. The lowest BCUT2D eigenvalue weighted by atomic mass is 10.0. The molecule has 362 valence electrons. The second kappa shape index (κ2) is 34.4. The minimum Gasteiger partial charge on any atom is -0.379 e. The Hall–Kier alpha value is -3.93. The lowest BCUT2D eigenvalue weighted by Crippen LogP contribution is -2.48. The Balaban J connectivity index is 0.000000380. The highest BCUT2D eigenvalue weighted by Crippen LogP contribution is 2.18. The average Bonchev–Trinajstić information content (AvgIpc) is 3.85. The van der Waals surface area contributed by atoms with E-state index in [1.807, 2.05) is 74.1 Å². The van der Waals surface area contributed by atoms with Gasteiger partial charge in [0.2, 0.25) is 0 Å². The Morgan fingerprint density at radius 1 is 0.538 bits per heavy atom. The third-order valence-electron chi connectivity index (χ3n) is 10.3. The fourth-order valence-electron chi connectivity index (χ4n) is 6.36. The van der Waals surface area contributed by atoms with Crippen LogP contribution in [0.3, 0.4) is 0 Å². The van der Waals surface area contributed by atoms with E-state index in [1.54, 1.807) is 29.8 Å². The summed E-state index contributed by atoms with van der Waals surface area (Å²) in [6.07, 6.45) is 8.02. The highest BCUT2D eigenvalue weighted by atomic mass is 32.1. The van der Waals surface area contributed by atoms with Gasteiger partial charge >= 0.3 is 0 Å². The average molecular weight is 915 g/mol. The molecular formula is C55H87FN6O2S. The molecule has 7 rings (SSSR count). The molecule has 2 atom stereocenters. The van der Waals surface area contributed by atoms with Crippen molar-refractivity contribution in [2.24, 2.45) is 0 Å². The molecule has 2 fully saturated rings. The van der Waals surface area contributed by atoms with Crippen LogP contribution in [0.2, 0.25) is 0 Å². The Labute approximate surface area is 399 Å². The van der Waals surface area contributed by atoms with Gasteiger partial charge < -0.3 is 9.47 Å². The molecule has 0 aliphatic carbocycles. The van der Waals surface area contributed by atoms with Crippen LogP contribution in [0.1, 0.15) is 168 Å². The van der Waals surface area contributed by atoms with Crippen molar-refractivity contribution in [2.45, 2.75) is 165 Å².